The minimum Gasteiger partial charge on any atom is -0.480 e. The van der Waals surface area contributed by atoms with Gasteiger partial charge in [-0.15, -0.1) is 11.8 Å². The monoisotopic (exact) mass is 174 g/mol. The number of hydrogen-bond donors (Lipinski definition) is 1. The lowest BCUT2D eigenvalue weighted by atomic mass is 9.74. The molecule has 2 atom stereocenters. The number of aliphatic carboxylic acids is 1. The van der Waals surface area contributed by atoms with Gasteiger partial charge in [0.15, 0.2) is 0 Å². The highest BCUT2D eigenvalue weighted by molar-refractivity contribution is 8.01. The second kappa shape index (κ2) is 3.05. The Morgan fingerprint density at radius 3 is 2.55 bits per heavy atom. The van der Waals surface area contributed by atoms with Crippen molar-refractivity contribution in [1.29, 1.82) is 0 Å². The lowest BCUT2D eigenvalue weighted by Gasteiger charge is -2.43. The van der Waals surface area contributed by atoms with E-state index in [0.717, 1.165) is 18.6 Å². The smallest absolute Gasteiger partial charge is 0.320 e. The Bertz CT molecular complexity index is 169. The highest BCUT2D eigenvalue weighted by Gasteiger charge is 2.50. The number of carboxylic acids is 1. The van der Waals surface area contributed by atoms with Crippen molar-refractivity contribution in [2.24, 2.45) is 5.92 Å². The molecule has 0 aliphatic heterocycles. The van der Waals surface area contributed by atoms with Gasteiger partial charge >= 0.3 is 5.97 Å². The van der Waals surface area contributed by atoms with Crippen LogP contribution < -0.4 is 0 Å². The molecule has 0 amide bonds. The maximum absolute atomic E-state index is 10.9. The molecule has 3 heteroatoms. The van der Waals surface area contributed by atoms with E-state index in [1.165, 1.54) is 0 Å². The summed E-state index contributed by atoms with van der Waals surface area (Å²) >= 11 is 1.58. The zero-order valence-corrected chi connectivity index (χ0v) is 7.78. The fraction of sp³-hybridized carbons (Fsp3) is 0.875. The van der Waals surface area contributed by atoms with Gasteiger partial charge in [-0.3, -0.25) is 4.79 Å². The first-order chi connectivity index (χ1) is 5.13. The first kappa shape index (κ1) is 8.91. The van der Waals surface area contributed by atoms with Crippen LogP contribution in [0.3, 0.4) is 0 Å². The molecule has 0 aromatic heterocycles. The normalized spacial score (nSPS) is 36.4. The average Bonchev–Trinajstić information content (AvgIpc) is 1.96. The summed E-state index contributed by atoms with van der Waals surface area (Å²) in [6, 6.07) is 0. The molecule has 0 aromatic carbocycles. The van der Waals surface area contributed by atoms with Crippen molar-refractivity contribution in [3.63, 3.8) is 0 Å². The standard InChI is InChI=1S/C8H14O2S/c1-3-11-8(7(9)10)5-4-6(8)2/h6H,3-5H2,1-2H3,(H,9,10). The molecule has 0 heterocycles. The minimum absolute atomic E-state index is 0.352. The van der Waals surface area contributed by atoms with Crippen LogP contribution in [-0.4, -0.2) is 21.6 Å². The predicted octanol–water partition coefficient (Wildman–Crippen LogP) is 1.99. The molecule has 1 saturated carbocycles. The number of rotatable bonds is 3. The van der Waals surface area contributed by atoms with E-state index in [0.29, 0.717) is 5.92 Å². The van der Waals surface area contributed by atoms with Gasteiger partial charge in [0.05, 0.1) is 0 Å². The highest BCUT2D eigenvalue weighted by atomic mass is 32.2. The number of thioether (sulfide) groups is 1. The van der Waals surface area contributed by atoms with Crippen molar-refractivity contribution < 1.29 is 9.90 Å². The Kier molecular flexibility index (Phi) is 2.47. The van der Waals surface area contributed by atoms with Crippen LogP contribution in [0.25, 0.3) is 0 Å². The maximum Gasteiger partial charge on any atom is 0.320 e. The second-order valence-electron chi connectivity index (χ2n) is 3.07. The van der Waals surface area contributed by atoms with Crippen LogP contribution in [0.1, 0.15) is 26.7 Å². The van der Waals surface area contributed by atoms with Gasteiger partial charge in [-0.2, -0.15) is 0 Å². The number of hydrogen-bond acceptors (Lipinski definition) is 2. The molecule has 0 aromatic rings. The van der Waals surface area contributed by atoms with Crippen molar-refractivity contribution in [2.45, 2.75) is 31.4 Å². The Labute approximate surface area is 71.4 Å². The van der Waals surface area contributed by atoms with E-state index in [1.54, 1.807) is 11.8 Å². The molecule has 0 radical (unpaired) electrons. The Morgan fingerprint density at radius 1 is 1.82 bits per heavy atom. The molecular formula is C8H14O2S. The first-order valence-electron chi connectivity index (χ1n) is 4.01. The van der Waals surface area contributed by atoms with E-state index in [1.807, 2.05) is 13.8 Å². The topological polar surface area (TPSA) is 37.3 Å². The van der Waals surface area contributed by atoms with Crippen LogP contribution in [0.2, 0.25) is 0 Å². The van der Waals surface area contributed by atoms with Gasteiger partial charge in [0, 0.05) is 0 Å². The summed E-state index contributed by atoms with van der Waals surface area (Å²) in [6.07, 6.45) is 1.92. The maximum atomic E-state index is 10.9. The number of carbonyl (C=O) groups is 1. The van der Waals surface area contributed by atoms with Crippen molar-refractivity contribution >= 4 is 17.7 Å². The fourth-order valence-corrected chi connectivity index (χ4v) is 2.85. The molecule has 2 unspecified atom stereocenters. The van der Waals surface area contributed by atoms with Crippen LogP contribution in [0.4, 0.5) is 0 Å². The zero-order chi connectivity index (χ0) is 8.48. The quantitative estimate of drug-likeness (QED) is 0.711. The lowest BCUT2D eigenvalue weighted by molar-refractivity contribution is -0.144. The van der Waals surface area contributed by atoms with Gasteiger partial charge in [0.2, 0.25) is 0 Å². The molecule has 1 rings (SSSR count). The Balaban J connectivity index is 2.64. The van der Waals surface area contributed by atoms with E-state index in [2.05, 4.69) is 0 Å². The molecule has 0 bridgehead atoms. The zero-order valence-electron chi connectivity index (χ0n) is 6.96. The van der Waals surface area contributed by atoms with Crippen molar-refractivity contribution in [1.82, 2.24) is 0 Å². The third-order valence-electron chi connectivity index (χ3n) is 2.51. The summed E-state index contributed by atoms with van der Waals surface area (Å²) in [4.78, 5) is 10.9. The summed E-state index contributed by atoms with van der Waals surface area (Å²) in [5.74, 6) is 0.629. The van der Waals surface area contributed by atoms with E-state index < -0.39 is 10.7 Å². The van der Waals surface area contributed by atoms with Gasteiger partial charge in [-0.25, -0.2) is 0 Å². The van der Waals surface area contributed by atoms with Gasteiger partial charge in [-0.05, 0) is 24.5 Å². The van der Waals surface area contributed by atoms with E-state index in [-0.39, 0.29) is 0 Å². The van der Waals surface area contributed by atoms with E-state index in [4.69, 9.17) is 5.11 Å². The molecule has 1 fully saturated rings. The third kappa shape index (κ3) is 1.26. The molecule has 2 nitrogen and oxygen atoms in total. The predicted molar refractivity (Wildman–Crippen MR) is 46.9 cm³/mol. The van der Waals surface area contributed by atoms with Crippen LogP contribution in [-0.2, 0) is 4.79 Å². The molecule has 1 N–H and O–H groups in total. The van der Waals surface area contributed by atoms with Crippen LogP contribution in [0.15, 0.2) is 0 Å². The van der Waals surface area contributed by atoms with Crippen LogP contribution >= 0.6 is 11.8 Å². The van der Waals surface area contributed by atoms with E-state index in [9.17, 15) is 4.79 Å². The fourth-order valence-electron chi connectivity index (χ4n) is 1.55. The molecule has 11 heavy (non-hydrogen) atoms. The van der Waals surface area contributed by atoms with Gasteiger partial charge in [0.1, 0.15) is 4.75 Å². The van der Waals surface area contributed by atoms with Gasteiger partial charge < -0.3 is 5.11 Å². The molecular weight excluding hydrogens is 160 g/mol. The van der Waals surface area contributed by atoms with Gasteiger partial charge in [-0.1, -0.05) is 13.8 Å². The summed E-state index contributed by atoms with van der Waals surface area (Å²) < 4.78 is -0.436. The second-order valence-corrected chi connectivity index (χ2v) is 4.66. The third-order valence-corrected chi connectivity index (χ3v) is 4.09. The largest absolute Gasteiger partial charge is 0.480 e. The summed E-state index contributed by atoms with van der Waals surface area (Å²) in [5.41, 5.74) is 0. The molecule has 0 spiro atoms. The number of carboxylic acid groups (broad SMARTS) is 1. The van der Waals surface area contributed by atoms with Crippen molar-refractivity contribution in [3.05, 3.63) is 0 Å². The lowest BCUT2D eigenvalue weighted by Crippen LogP contribution is -2.49. The SMILES string of the molecule is CCSC1(C(=O)O)CCC1C. The van der Waals surface area contributed by atoms with Gasteiger partial charge in [0.25, 0.3) is 0 Å². The summed E-state index contributed by atoms with van der Waals surface area (Å²) in [7, 11) is 0. The highest BCUT2D eigenvalue weighted by Crippen LogP contribution is 2.48. The molecule has 64 valence electrons. The Morgan fingerprint density at radius 2 is 2.45 bits per heavy atom. The average molecular weight is 174 g/mol. The molecule has 0 saturated heterocycles. The van der Waals surface area contributed by atoms with Crippen LogP contribution in [0.5, 0.6) is 0 Å². The van der Waals surface area contributed by atoms with E-state index >= 15 is 0 Å². The van der Waals surface area contributed by atoms with Crippen LogP contribution in [0, 0.1) is 5.92 Å². The first-order valence-corrected chi connectivity index (χ1v) is 4.99. The van der Waals surface area contributed by atoms with Crippen molar-refractivity contribution in [3.8, 4) is 0 Å². The summed E-state index contributed by atoms with van der Waals surface area (Å²) in [6.45, 7) is 4.04. The minimum atomic E-state index is -0.622. The molecule has 1 aliphatic carbocycles. The Hall–Kier alpha value is -0.180. The van der Waals surface area contributed by atoms with Crippen molar-refractivity contribution in [2.75, 3.05) is 5.75 Å². The molecule has 1 aliphatic rings. The summed E-state index contributed by atoms with van der Waals surface area (Å²) in [5, 5.41) is 8.96.